The molecular weight excluding hydrogens is 126 g/mol. The second-order valence-corrected chi connectivity index (χ2v) is 2.83. The van der Waals surface area contributed by atoms with E-state index in [-0.39, 0.29) is 7.47 Å². The van der Waals surface area contributed by atoms with Crippen molar-refractivity contribution < 1.29 is 6.22 Å². The van der Waals surface area contributed by atoms with Crippen LogP contribution in [0.1, 0.15) is 28.6 Å². The summed E-state index contributed by atoms with van der Waals surface area (Å²) in [5.41, 5.74) is 0. The summed E-state index contributed by atoms with van der Waals surface area (Å²) >= 11 is 0. The Bertz CT molecular complexity index is 115. The van der Waals surface area contributed by atoms with Crippen LogP contribution in [0.3, 0.4) is 0 Å². The van der Waals surface area contributed by atoms with E-state index in [0.717, 1.165) is 0 Å². The topological polar surface area (TPSA) is 29.1 Å². The average Bonchev–Trinajstić information content (AvgIpc) is 1.88. The number of hydrogen-bond donors (Lipinski definition) is 1. The number of carbonyl (C=O) groups excluding carboxylic acids is 1. The third-order valence-corrected chi connectivity index (χ3v) is 1.67. The maximum absolute atomic E-state index is 11.1. The summed E-state index contributed by atoms with van der Waals surface area (Å²) in [6.45, 7) is 6.00. The molecule has 2 nitrogen and oxygen atoms in total. The first-order valence-electron chi connectivity index (χ1n) is 3.83. The van der Waals surface area contributed by atoms with Gasteiger partial charge in [0.05, 0.1) is 6.04 Å². The molecule has 0 spiro atoms. The molecule has 0 amide bonds. The molecule has 2 heteroatoms. The van der Waals surface area contributed by atoms with E-state index in [4.69, 9.17) is 0 Å². The molecule has 0 radical (unpaired) electrons. The zero-order valence-electron chi connectivity index (χ0n) is 7.27. The molecule has 0 saturated carbocycles. The van der Waals surface area contributed by atoms with Crippen molar-refractivity contribution in [1.29, 1.82) is 0 Å². The van der Waals surface area contributed by atoms with Crippen molar-refractivity contribution in [2.45, 2.75) is 33.2 Å². The molecule has 0 bridgehead atoms. The molecule has 0 aliphatic heterocycles. The Labute approximate surface area is 64.5 Å². The van der Waals surface area contributed by atoms with Gasteiger partial charge in [-0.3, -0.25) is 4.79 Å². The predicted octanol–water partition coefficient (Wildman–Crippen LogP) is 1.46. The van der Waals surface area contributed by atoms with Gasteiger partial charge in [-0.05, 0) is 13.0 Å². The van der Waals surface area contributed by atoms with Crippen molar-refractivity contribution >= 4 is 5.78 Å². The minimum Gasteiger partial charge on any atom is -0.310 e. The summed E-state index contributed by atoms with van der Waals surface area (Å²) in [6, 6.07) is 0.0463. The highest BCUT2D eigenvalue weighted by Crippen LogP contribution is 2.03. The highest BCUT2D eigenvalue weighted by atomic mass is 16.1. The van der Waals surface area contributed by atoms with Crippen LogP contribution in [0.2, 0.25) is 0 Å². The van der Waals surface area contributed by atoms with E-state index in [1.807, 2.05) is 14.0 Å². The minimum atomic E-state index is 0. The molecule has 0 rings (SSSR count). The Morgan fingerprint density at radius 2 is 2.10 bits per heavy atom. The van der Waals surface area contributed by atoms with Gasteiger partial charge in [-0.1, -0.05) is 20.8 Å². The summed E-state index contributed by atoms with van der Waals surface area (Å²) in [4.78, 5) is 11.1. The number of likely N-dealkylation sites (N-methyl/N-ethyl adjacent to an activating group) is 1. The first kappa shape index (κ1) is 9.63. The Morgan fingerprint density at radius 3 is 2.20 bits per heavy atom. The van der Waals surface area contributed by atoms with Crippen LogP contribution < -0.4 is 5.32 Å². The van der Waals surface area contributed by atoms with Gasteiger partial charge in [0, 0.05) is 7.85 Å². The number of Topliss-reactive ketones (excluding diaryl/α,β-unsaturated/α-hetero) is 1. The number of hydrogen-bond acceptors (Lipinski definition) is 2. The highest BCUT2D eigenvalue weighted by molar-refractivity contribution is 5.83. The summed E-state index contributed by atoms with van der Waals surface area (Å²) in [7, 11) is 1.83. The van der Waals surface area contributed by atoms with Crippen LogP contribution in [0.15, 0.2) is 0 Å². The van der Waals surface area contributed by atoms with Crippen LogP contribution in [0.25, 0.3) is 0 Å². The summed E-state index contributed by atoms with van der Waals surface area (Å²) in [5, 5.41) is 3.00. The van der Waals surface area contributed by atoms with Gasteiger partial charge in [0.15, 0.2) is 0 Å². The van der Waals surface area contributed by atoms with E-state index in [2.05, 4.69) is 19.2 Å². The quantitative estimate of drug-likeness (QED) is 0.649. The fourth-order valence-electron chi connectivity index (χ4n) is 1.09. The molecule has 0 aromatic heterocycles. The van der Waals surface area contributed by atoms with Crippen molar-refractivity contribution in [2.75, 3.05) is 7.05 Å². The van der Waals surface area contributed by atoms with E-state index in [9.17, 15) is 4.79 Å². The SMILES string of the molecule is CCC(=O)[C@@H](NC)C(C)C.[HH]. The van der Waals surface area contributed by atoms with Crippen molar-refractivity contribution in [3.8, 4) is 0 Å². The van der Waals surface area contributed by atoms with Crippen LogP contribution >= 0.6 is 0 Å². The molecule has 1 atom stereocenters. The van der Waals surface area contributed by atoms with Crippen LogP contribution in [-0.4, -0.2) is 18.9 Å². The van der Waals surface area contributed by atoms with Crippen LogP contribution in [0, 0.1) is 5.92 Å². The first-order chi connectivity index (χ1) is 4.63. The molecule has 0 aliphatic rings. The summed E-state index contributed by atoms with van der Waals surface area (Å²) < 4.78 is 0. The van der Waals surface area contributed by atoms with E-state index in [1.165, 1.54) is 0 Å². The number of nitrogens with one attached hydrogen (secondary N) is 1. The molecule has 0 unspecified atom stereocenters. The van der Waals surface area contributed by atoms with Gasteiger partial charge in [0.1, 0.15) is 5.78 Å². The van der Waals surface area contributed by atoms with Gasteiger partial charge in [-0.25, -0.2) is 0 Å². The minimum absolute atomic E-state index is 0. The van der Waals surface area contributed by atoms with E-state index < -0.39 is 0 Å². The third-order valence-electron chi connectivity index (χ3n) is 1.67. The lowest BCUT2D eigenvalue weighted by molar-refractivity contribution is -0.121. The largest absolute Gasteiger partial charge is 0.310 e. The Balaban J connectivity index is 0. The maximum atomic E-state index is 11.1. The number of rotatable bonds is 4. The van der Waals surface area contributed by atoms with Gasteiger partial charge in [-0.15, -0.1) is 0 Å². The van der Waals surface area contributed by atoms with Crippen molar-refractivity contribution in [2.24, 2.45) is 5.92 Å². The molecule has 62 valence electrons. The van der Waals surface area contributed by atoms with E-state index in [0.29, 0.717) is 18.1 Å². The van der Waals surface area contributed by atoms with Crippen molar-refractivity contribution in [1.82, 2.24) is 5.32 Å². The third kappa shape index (κ3) is 2.48. The van der Waals surface area contributed by atoms with E-state index in [1.54, 1.807) is 0 Å². The molecule has 0 fully saturated rings. The summed E-state index contributed by atoms with van der Waals surface area (Å²) in [6.07, 6.45) is 0.629. The standard InChI is InChI=1S/C8H17NO.H2/c1-5-7(10)8(9-4)6(2)3;/h6,8-9H,5H2,1-4H3;1H/t8-;/m0./s1. The molecule has 0 aromatic rings. The number of ketones is 1. The van der Waals surface area contributed by atoms with E-state index >= 15 is 0 Å². The zero-order chi connectivity index (χ0) is 8.15. The van der Waals surface area contributed by atoms with Gasteiger partial charge in [0.25, 0.3) is 0 Å². The molecule has 1 N–H and O–H groups in total. The first-order valence-corrected chi connectivity index (χ1v) is 3.83. The zero-order valence-corrected chi connectivity index (χ0v) is 7.27. The molecular formula is C8H19NO. The van der Waals surface area contributed by atoms with Gasteiger partial charge in [0.2, 0.25) is 0 Å². The van der Waals surface area contributed by atoms with Crippen molar-refractivity contribution in [3.05, 3.63) is 0 Å². The van der Waals surface area contributed by atoms with Crippen LogP contribution in [0.5, 0.6) is 0 Å². The monoisotopic (exact) mass is 145 g/mol. The molecule has 0 saturated heterocycles. The number of carbonyl (C=O) groups is 1. The van der Waals surface area contributed by atoms with Gasteiger partial charge >= 0.3 is 0 Å². The Hall–Kier alpha value is -0.370. The van der Waals surface area contributed by atoms with Gasteiger partial charge in [-0.2, -0.15) is 0 Å². The fraction of sp³-hybridized carbons (Fsp3) is 0.875. The normalized spacial score (nSPS) is 13.7. The average molecular weight is 145 g/mol. The molecule has 10 heavy (non-hydrogen) atoms. The highest BCUT2D eigenvalue weighted by Gasteiger charge is 2.17. The molecule has 0 aromatic carbocycles. The lowest BCUT2D eigenvalue weighted by atomic mass is 9.99. The lowest BCUT2D eigenvalue weighted by Crippen LogP contribution is -2.38. The Morgan fingerprint density at radius 1 is 1.60 bits per heavy atom. The second kappa shape index (κ2) is 4.45. The molecule has 0 heterocycles. The lowest BCUT2D eigenvalue weighted by Gasteiger charge is -2.17. The second-order valence-electron chi connectivity index (χ2n) is 2.83. The molecule has 0 aliphatic carbocycles. The van der Waals surface area contributed by atoms with Crippen LogP contribution in [-0.2, 0) is 4.79 Å². The van der Waals surface area contributed by atoms with Crippen LogP contribution in [0.4, 0.5) is 0 Å². The fourth-order valence-corrected chi connectivity index (χ4v) is 1.09. The predicted molar refractivity (Wildman–Crippen MR) is 45.1 cm³/mol. The smallest absolute Gasteiger partial charge is 0.149 e. The summed E-state index contributed by atoms with van der Waals surface area (Å²) in [5.74, 6) is 0.704. The Kier molecular flexibility index (Phi) is 4.28. The van der Waals surface area contributed by atoms with Gasteiger partial charge < -0.3 is 5.32 Å². The maximum Gasteiger partial charge on any atom is 0.149 e. The van der Waals surface area contributed by atoms with Crippen molar-refractivity contribution in [3.63, 3.8) is 0 Å².